The number of nitrogens with zero attached hydrogens (tertiary/aromatic N) is 1. The fourth-order valence-electron chi connectivity index (χ4n) is 3.35. The lowest BCUT2D eigenvalue weighted by Gasteiger charge is -2.26. The Morgan fingerprint density at radius 1 is 1.00 bits per heavy atom. The molecular formula is C22H25NO4. The van der Waals surface area contributed by atoms with Crippen molar-refractivity contribution in [3.8, 4) is 5.75 Å². The van der Waals surface area contributed by atoms with Gasteiger partial charge in [-0.25, -0.2) is 4.79 Å². The van der Waals surface area contributed by atoms with Gasteiger partial charge in [0.05, 0.1) is 0 Å². The molecule has 0 heterocycles. The van der Waals surface area contributed by atoms with E-state index in [4.69, 9.17) is 9.47 Å². The first-order chi connectivity index (χ1) is 13.0. The van der Waals surface area contributed by atoms with Gasteiger partial charge < -0.3 is 14.4 Å². The minimum Gasteiger partial charge on any atom is -0.482 e. The highest BCUT2D eigenvalue weighted by Gasteiger charge is 2.20. The second-order valence-electron chi connectivity index (χ2n) is 6.93. The molecule has 2 aromatic carbocycles. The molecule has 0 spiro atoms. The van der Waals surface area contributed by atoms with Crippen LogP contribution in [0.4, 0.5) is 5.69 Å². The van der Waals surface area contributed by atoms with E-state index >= 15 is 0 Å². The maximum Gasteiger partial charge on any atom is 0.344 e. The zero-order valence-corrected chi connectivity index (χ0v) is 15.8. The van der Waals surface area contributed by atoms with Gasteiger partial charge in [0, 0.05) is 11.7 Å². The van der Waals surface area contributed by atoms with Gasteiger partial charge in [-0.15, -0.1) is 0 Å². The van der Waals surface area contributed by atoms with Crippen LogP contribution < -0.4 is 9.64 Å². The van der Waals surface area contributed by atoms with Gasteiger partial charge >= 0.3 is 5.97 Å². The number of carbonyl (C=O) groups is 2. The Balaban J connectivity index is 1.50. The SMILES string of the molecule is CC(C)N(C(=O)COC(=O)COc1ccc2c(c1)CCC2)c1ccccc1. The van der Waals surface area contributed by atoms with Crippen LogP contribution in [0.25, 0.3) is 0 Å². The normalized spacial score (nSPS) is 12.6. The summed E-state index contributed by atoms with van der Waals surface area (Å²) < 4.78 is 10.6. The van der Waals surface area contributed by atoms with E-state index in [1.807, 2.05) is 62.4 Å². The van der Waals surface area contributed by atoms with Gasteiger partial charge in [-0.3, -0.25) is 4.79 Å². The van der Waals surface area contributed by atoms with Crippen LogP contribution in [0, 0.1) is 0 Å². The van der Waals surface area contributed by atoms with Crippen LogP contribution in [-0.2, 0) is 27.2 Å². The summed E-state index contributed by atoms with van der Waals surface area (Å²) in [7, 11) is 0. The molecule has 0 N–H and O–H groups in total. The van der Waals surface area contributed by atoms with Crippen molar-refractivity contribution in [1.29, 1.82) is 0 Å². The number of anilines is 1. The highest BCUT2D eigenvalue weighted by atomic mass is 16.6. The number of hydrogen-bond donors (Lipinski definition) is 0. The smallest absolute Gasteiger partial charge is 0.344 e. The number of carbonyl (C=O) groups excluding carboxylic acids is 2. The number of amides is 1. The molecular weight excluding hydrogens is 342 g/mol. The summed E-state index contributed by atoms with van der Waals surface area (Å²) in [6, 6.07) is 15.2. The second kappa shape index (κ2) is 8.71. The zero-order chi connectivity index (χ0) is 19.2. The van der Waals surface area contributed by atoms with E-state index in [0.29, 0.717) is 5.75 Å². The Labute approximate surface area is 159 Å². The number of esters is 1. The maximum atomic E-state index is 12.5. The molecule has 0 atom stereocenters. The van der Waals surface area contributed by atoms with Crippen molar-refractivity contribution in [2.24, 2.45) is 0 Å². The van der Waals surface area contributed by atoms with E-state index in [1.165, 1.54) is 11.1 Å². The number of fused-ring (bicyclic) bond motifs is 1. The van der Waals surface area contributed by atoms with Crippen LogP contribution in [0.1, 0.15) is 31.4 Å². The summed E-state index contributed by atoms with van der Waals surface area (Å²) in [5.41, 5.74) is 3.42. The molecule has 27 heavy (non-hydrogen) atoms. The topological polar surface area (TPSA) is 55.8 Å². The molecule has 0 saturated carbocycles. The average molecular weight is 367 g/mol. The molecule has 1 amide bonds. The van der Waals surface area contributed by atoms with Crippen molar-refractivity contribution in [3.05, 3.63) is 59.7 Å². The standard InChI is InChI=1S/C22H25NO4/c1-16(2)23(19-9-4-3-5-10-19)21(24)14-27-22(25)15-26-20-12-11-17-7-6-8-18(17)13-20/h3-5,9-13,16H,6-8,14-15H2,1-2H3. The third-order valence-electron chi connectivity index (χ3n) is 4.60. The molecule has 0 fully saturated rings. The lowest BCUT2D eigenvalue weighted by molar-refractivity contribution is -0.149. The molecule has 0 unspecified atom stereocenters. The predicted octanol–water partition coefficient (Wildman–Crippen LogP) is 3.54. The Kier molecular flexibility index (Phi) is 6.12. The monoisotopic (exact) mass is 367 g/mol. The molecule has 0 aromatic heterocycles. The van der Waals surface area contributed by atoms with Crippen molar-refractivity contribution >= 4 is 17.6 Å². The van der Waals surface area contributed by atoms with Crippen LogP contribution >= 0.6 is 0 Å². The molecule has 5 heteroatoms. The summed E-state index contributed by atoms with van der Waals surface area (Å²) in [6.07, 6.45) is 3.32. The van der Waals surface area contributed by atoms with Gasteiger partial charge in [0.2, 0.25) is 0 Å². The fraction of sp³-hybridized carbons (Fsp3) is 0.364. The highest BCUT2D eigenvalue weighted by Crippen LogP contribution is 2.26. The number of aryl methyl sites for hydroxylation is 2. The minimum atomic E-state index is -0.555. The molecule has 3 rings (SSSR count). The van der Waals surface area contributed by atoms with Crippen LogP contribution in [0.2, 0.25) is 0 Å². The van der Waals surface area contributed by atoms with Crippen molar-refractivity contribution in [2.75, 3.05) is 18.1 Å². The first-order valence-corrected chi connectivity index (χ1v) is 9.32. The van der Waals surface area contributed by atoms with Crippen molar-refractivity contribution in [1.82, 2.24) is 0 Å². The molecule has 0 saturated heterocycles. The van der Waals surface area contributed by atoms with Crippen molar-refractivity contribution in [3.63, 3.8) is 0 Å². The van der Waals surface area contributed by atoms with E-state index in [-0.39, 0.29) is 25.2 Å². The zero-order valence-electron chi connectivity index (χ0n) is 15.8. The van der Waals surface area contributed by atoms with Gasteiger partial charge in [-0.05, 0) is 68.5 Å². The number of para-hydroxylation sites is 1. The van der Waals surface area contributed by atoms with Crippen LogP contribution in [0.3, 0.4) is 0 Å². The molecule has 0 radical (unpaired) electrons. The van der Waals surface area contributed by atoms with Crippen LogP contribution in [0.15, 0.2) is 48.5 Å². The third kappa shape index (κ3) is 4.88. The Hall–Kier alpha value is -2.82. The minimum absolute atomic E-state index is 0.0405. The van der Waals surface area contributed by atoms with Gasteiger partial charge in [0.15, 0.2) is 13.2 Å². The first-order valence-electron chi connectivity index (χ1n) is 9.32. The van der Waals surface area contributed by atoms with Crippen LogP contribution in [-0.4, -0.2) is 31.1 Å². The quantitative estimate of drug-likeness (QED) is 0.703. The lowest BCUT2D eigenvalue weighted by atomic mass is 10.1. The van der Waals surface area contributed by atoms with Crippen molar-refractivity contribution < 1.29 is 19.1 Å². The molecule has 142 valence electrons. The number of ether oxygens (including phenoxy) is 2. The molecule has 5 nitrogen and oxygen atoms in total. The fourth-order valence-corrected chi connectivity index (χ4v) is 3.35. The number of benzene rings is 2. The number of hydrogen-bond acceptors (Lipinski definition) is 4. The molecule has 2 aromatic rings. The van der Waals surface area contributed by atoms with E-state index in [2.05, 4.69) is 0 Å². The molecule has 0 bridgehead atoms. The molecule has 0 aliphatic heterocycles. The predicted molar refractivity (Wildman–Crippen MR) is 104 cm³/mol. The van der Waals surface area contributed by atoms with Gasteiger partial charge in [0.1, 0.15) is 5.75 Å². The Morgan fingerprint density at radius 3 is 2.48 bits per heavy atom. The van der Waals surface area contributed by atoms with Crippen molar-refractivity contribution in [2.45, 2.75) is 39.2 Å². The Morgan fingerprint density at radius 2 is 1.74 bits per heavy atom. The Bertz CT molecular complexity index is 801. The van der Waals surface area contributed by atoms with E-state index in [0.717, 1.165) is 24.9 Å². The average Bonchev–Trinajstić information content (AvgIpc) is 3.13. The lowest BCUT2D eigenvalue weighted by Crippen LogP contribution is -2.40. The summed E-state index contributed by atoms with van der Waals surface area (Å²) in [5.74, 6) is -0.158. The summed E-state index contributed by atoms with van der Waals surface area (Å²) in [6.45, 7) is 3.33. The highest BCUT2D eigenvalue weighted by molar-refractivity contribution is 5.95. The van der Waals surface area contributed by atoms with E-state index in [1.54, 1.807) is 4.90 Å². The van der Waals surface area contributed by atoms with Gasteiger partial charge in [-0.1, -0.05) is 24.3 Å². The molecule has 1 aliphatic carbocycles. The largest absolute Gasteiger partial charge is 0.482 e. The van der Waals surface area contributed by atoms with Crippen LogP contribution in [0.5, 0.6) is 5.75 Å². The summed E-state index contributed by atoms with van der Waals surface area (Å²) >= 11 is 0. The first kappa shape index (κ1) is 19.0. The second-order valence-corrected chi connectivity index (χ2v) is 6.93. The molecule has 1 aliphatic rings. The third-order valence-corrected chi connectivity index (χ3v) is 4.60. The maximum absolute atomic E-state index is 12.5. The van der Waals surface area contributed by atoms with Gasteiger partial charge in [-0.2, -0.15) is 0 Å². The van der Waals surface area contributed by atoms with E-state index in [9.17, 15) is 9.59 Å². The van der Waals surface area contributed by atoms with Gasteiger partial charge in [0.25, 0.3) is 5.91 Å². The van der Waals surface area contributed by atoms with E-state index < -0.39 is 5.97 Å². The number of rotatable bonds is 7. The summed E-state index contributed by atoms with van der Waals surface area (Å²) in [4.78, 5) is 26.1. The summed E-state index contributed by atoms with van der Waals surface area (Å²) in [5, 5.41) is 0.